The lowest BCUT2D eigenvalue weighted by molar-refractivity contribution is 0.0918. The van der Waals surface area contributed by atoms with Crippen LogP contribution in [0.15, 0.2) is 42.5 Å². The second kappa shape index (κ2) is 6.20. The van der Waals surface area contributed by atoms with E-state index in [4.69, 9.17) is 0 Å². The number of tetrazole rings is 1. The molecule has 5 nitrogen and oxygen atoms in total. The monoisotopic (exact) mass is 336 g/mol. The predicted molar refractivity (Wildman–Crippen MR) is 90.7 cm³/mol. The number of fused-ring (bicyclic) bond motifs is 1. The van der Waals surface area contributed by atoms with Crippen LogP contribution in [-0.4, -0.2) is 26.0 Å². The van der Waals surface area contributed by atoms with Gasteiger partial charge in [0.15, 0.2) is 5.78 Å². The summed E-state index contributed by atoms with van der Waals surface area (Å²) >= 11 is 0. The fraction of sp³-hybridized carbons (Fsp3) is 0.263. The Bertz CT molecular complexity index is 950. The Labute approximate surface area is 144 Å². The van der Waals surface area contributed by atoms with Crippen LogP contribution in [0.2, 0.25) is 0 Å². The van der Waals surface area contributed by atoms with Gasteiger partial charge in [-0.25, -0.2) is 4.39 Å². The van der Waals surface area contributed by atoms with Crippen LogP contribution in [0, 0.1) is 5.82 Å². The number of halogens is 1. The second-order valence-electron chi connectivity index (χ2n) is 6.32. The minimum Gasteiger partial charge on any atom is -0.292 e. The Kier molecular flexibility index (Phi) is 3.87. The highest BCUT2D eigenvalue weighted by Gasteiger charge is 2.22. The molecule has 0 N–H and O–H groups in total. The summed E-state index contributed by atoms with van der Waals surface area (Å²) in [6.45, 7) is 1.74. The van der Waals surface area contributed by atoms with Crippen LogP contribution in [-0.2, 0) is 12.8 Å². The molecule has 0 radical (unpaired) electrons. The lowest BCUT2D eigenvalue weighted by Crippen LogP contribution is -2.19. The average Bonchev–Trinajstić information content (AvgIpc) is 3.29. The van der Waals surface area contributed by atoms with Crippen LogP contribution in [0.5, 0.6) is 0 Å². The number of hydrogen-bond acceptors (Lipinski definition) is 4. The molecule has 0 spiro atoms. The molecule has 3 aromatic rings. The van der Waals surface area contributed by atoms with Gasteiger partial charge in [-0.05, 0) is 60.7 Å². The molecule has 6 heteroatoms. The smallest absolute Gasteiger partial charge is 0.205 e. The van der Waals surface area contributed by atoms with Crippen molar-refractivity contribution >= 4 is 5.78 Å². The quantitative estimate of drug-likeness (QED) is 0.685. The Balaban J connectivity index is 1.58. The Morgan fingerprint density at radius 1 is 1.16 bits per heavy atom. The van der Waals surface area contributed by atoms with Crippen molar-refractivity contribution in [2.24, 2.45) is 0 Å². The Hall–Kier alpha value is -2.89. The molecule has 25 heavy (non-hydrogen) atoms. The van der Waals surface area contributed by atoms with E-state index in [0.29, 0.717) is 17.0 Å². The van der Waals surface area contributed by atoms with Gasteiger partial charge in [-0.1, -0.05) is 24.3 Å². The first-order valence-corrected chi connectivity index (χ1v) is 8.33. The second-order valence-corrected chi connectivity index (χ2v) is 6.32. The highest BCUT2D eigenvalue weighted by atomic mass is 19.1. The van der Waals surface area contributed by atoms with Gasteiger partial charge in [-0.2, -0.15) is 4.80 Å². The van der Waals surface area contributed by atoms with Crippen molar-refractivity contribution in [2.75, 3.05) is 0 Å². The van der Waals surface area contributed by atoms with E-state index in [1.807, 2.05) is 18.2 Å². The van der Waals surface area contributed by atoms with Crippen molar-refractivity contribution in [3.63, 3.8) is 0 Å². The molecule has 0 aliphatic heterocycles. The molecule has 1 heterocycles. The summed E-state index contributed by atoms with van der Waals surface area (Å²) in [6.07, 6.45) is 3.25. The van der Waals surface area contributed by atoms with Gasteiger partial charge >= 0.3 is 0 Å². The number of Topliss-reactive ketones (excluding diaryl/α,β-unsaturated/α-hetero) is 1. The van der Waals surface area contributed by atoms with Gasteiger partial charge in [0, 0.05) is 11.1 Å². The van der Waals surface area contributed by atoms with Gasteiger partial charge in [-0.15, -0.1) is 10.2 Å². The maximum Gasteiger partial charge on any atom is 0.205 e. The van der Waals surface area contributed by atoms with E-state index < -0.39 is 6.04 Å². The van der Waals surface area contributed by atoms with E-state index in [0.717, 1.165) is 19.3 Å². The first-order chi connectivity index (χ1) is 12.1. The summed E-state index contributed by atoms with van der Waals surface area (Å²) in [7, 11) is 0. The van der Waals surface area contributed by atoms with E-state index in [-0.39, 0.29) is 11.6 Å². The third-order valence-corrected chi connectivity index (χ3v) is 4.62. The van der Waals surface area contributed by atoms with Gasteiger partial charge < -0.3 is 0 Å². The summed E-state index contributed by atoms with van der Waals surface area (Å²) in [5.41, 5.74) is 3.78. The average molecular weight is 336 g/mol. The summed E-state index contributed by atoms with van der Waals surface area (Å²) in [4.78, 5) is 14.0. The lowest BCUT2D eigenvalue weighted by Gasteiger charge is -2.10. The number of carbonyl (C=O) groups is 1. The number of ketones is 1. The fourth-order valence-corrected chi connectivity index (χ4v) is 3.20. The van der Waals surface area contributed by atoms with Gasteiger partial charge in [-0.3, -0.25) is 4.79 Å². The van der Waals surface area contributed by atoms with Crippen LogP contribution in [0.1, 0.15) is 40.9 Å². The highest BCUT2D eigenvalue weighted by molar-refractivity contribution is 5.98. The van der Waals surface area contributed by atoms with Crippen molar-refractivity contribution in [3.8, 4) is 11.4 Å². The predicted octanol–water partition coefficient (Wildman–Crippen LogP) is 3.41. The summed E-state index contributed by atoms with van der Waals surface area (Å²) < 4.78 is 13.3. The molecule has 2 aromatic carbocycles. The molecular formula is C19H17FN4O. The van der Waals surface area contributed by atoms with Crippen molar-refractivity contribution in [3.05, 3.63) is 65.0 Å². The maximum atomic E-state index is 13.3. The number of nitrogens with zero attached hydrogens (tertiary/aromatic N) is 4. The number of aryl methyl sites for hydroxylation is 2. The zero-order chi connectivity index (χ0) is 17.4. The SMILES string of the molecule is C[C@H](C(=O)c1ccc2c(c1)CCC2)n1nnc(-c2cccc(F)c2)n1. The van der Waals surface area contributed by atoms with Crippen LogP contribution >= 0.6 is 0 Å². The third kappa shape index (κ3) is 2.95. The Morgan fingerprint density at radius 3 is 2.84 bits per heavy atom. The molecule has 0 unspecified atom stereocenters. The van der Waals surface area contributed by atoms with Gasteiger partial charge in [0.05, 0.1) is 0 Å². The van der Waals surface area contributed by atoms with Crippen molar-refractivity contribution in [1.82, 2.24) is 20.2 Å². The zero-order valence-corrected chi connectivity index (χ0v) is 13.8. The van der Waals surface area contributed by atoms with Gasteiger partial charge in [0.2, 0.25) is 5.82 Å². The summed E-state index contributed by atoms with van der Waals surface area (Å²) in [5, 5.41) is 12.2. The molecule has 0 saturated carbocycles. The van der Waals surface area contributed by atoms with E-state index in [9.17, 15) is 9.18 Å². The number of rotatable bonds is 4. The van der Waals surface area contributed by atoms with Gasteiger partial charge in [0.1, 0.15) is 11.9 Å². The molecule has 0 bridgehead atoms. The highest BCUT2D eigenvalue weighted by Crippen LogP contribution is 2.24. The first-order valence-electron chi connectivity index (χ1n) is 8.33. The molecule has 1 atom stereocenters. The van der Waals surface area contributed by atoms with Crippen molar-refractivity contribution in [2.45, 2.75) is 32.2 Å². The maximum absolute atomic E-state index is 13.3. The van der Waals surface area contributed by atoms with Gasteiger partial charge in [0.25, 0.3) is 0 Å². The molecule has 126 valence electrons. The van der Waals surface area contributed by atoms with Crippen LogP contribution < -0.4 is 0 Å². The molecule has 1 aliphatic rings. The minimum absolute atomic E-state index is 0.0575. The number of benzene rings is 2. The minimum atomic E-state index is -0.575. The van der Waals surface area contributed by atoms with E-state index in [1.165, 1.54) is 28.1 Å². The third-order valence-electron chi connectivity index (χ3n) is 4.62. The number of hydrogen-bond donors (Lipinski definition) is 0. The van der Waals surface area contributed by atoms with E-state index in [1.54, 1.807) is 19.1 Å². The summed E-state index contributed by atoms with van der Waals surface area (Å²) in [6, 6.07) is 11.3. The lowest BCUT2D eigenvalue weighted by atomic mass is 10.0. The normalized spacial score (nSPS) is 14.3. The fourth-order valence-electron chi connectivity index (χ4n) is 3.20. The van der Waals surface area contributed by atoms with Crippen LogP contribution in [0.3, 0.4) is 0 Å². The van der Waals surface area contributed by atoms with Crippen LogP contribution in [0.25, 0.3) is 11.4 Å². The van der Waals surface area contributed by atoms with Crippen molar-refractivity contribution in [1.29, 1.82) is 0 Å². The molecular weight excluding hydrogens is 319 g/mol. The first kappa shape index (κ1) is 15.6. The van der Waals surface area contributed by atoms with Crippen LogP contribution in [0.4, 0.5) is 4.39 Å². The standard InChI is InChI=1S/C19H17FN4O/c1-12(18(25)15-9-8-13-4-2-5-14(13)10-15)24-22-19(21-23-24)16-6-3-7-17(20)11-16/h3,6-12H,2,4-5H2,1H3/t12-/m1/s1. The zero-order valence-electron chi connectivity index (χ0n) is 13.8. The van der Waals surface area contributed by atoms with E-state index >= 15 is 0 Å². The summed E-state index contributed by atoms with van der Waals surface area (Å²) in [5.74, 6) is -0.123. The molecule has 4 rings (SSSR count). The number of carbonyl (C=O) groups excluding carboxylic acids is 1. The topological polar surface area (TPSA) is 60.7 Å². The molecule has 1 aliphatic carbocycles. The largest absolute Gasteiger partial charge is 0.292 e. The van der Waals surface area contributed by atoms with Crippen molar-refractivity contribution < 1.29 is 9.18 Å². The molecule has 0 fully saturated rings. The Morgan fingerprint density at radius 2 is 2.00 bits per heavy atom. The molecule has 0 amide bonds. The van der Waals surface area contributed by atoms with E-state index in [2.05, 4.69) is 15.4 Å². The number of aromatic nitrogens is 4. The molecule has 0 saturated heterocycles. The molecule has 1 aromatic heterocycles.